The highest BCUT2D eigenvalue weighted by Gasteiger charge is 2.05. The molecule has 0 atom stereocenters. The number of benzene rings is 2. The lowest BCUT2D eigenvalue weighted by atomic mass is 10.2. The number of hydrazone groups is 1. The highest BCUT2D eigenvalue weighted by atomic mass is 19.1. The standard InChI is InChI=1S/C15H12F2N2O2/c16-12-6-2-1-5-11(12)9-18-19-15(20)10-21-14-8-4-3-7-13(14)17/h1-9H,10H2,(H,19,20)/b18-9+. The molecule has 1 amide bonds. The number of hydrogen-bond acceptors (Lipinski definition) is 3. The van der Waals surface area contributed by atoms with E-state index in [0.717, 1.165) is 0 Å². The van der Waals surface area contributed by atoms with Crippen molar-refractivity contribution < 1.29 is 18.3 Å². The lowest BCUT2D eigenvalue weighted by molar-refractivity contribution is -0.123. The minimum Gasteiger partial charge on any atom is -0.481 e. The number of carbonyl (C=O) groups excluding carboxylic acids is 1. The topological polar surface area (TPSA) is 50.7 Å². The monoisotopic (exact) mass is 290 g/mol. The van der Waals surface area contributed by atoms with Crippen molar-refractivity contribution in [3.63, 3.8) is 0 Å². The molecule has 2 aromatic carbocycles. The second-order valence-corrected chi connectivity index (χ2v) is 4.03. The highest BCUT2D eigenvalue weighted by molar-refractivity contribution is 5.83. The van der Waals surface area contributed by atoms with Gasteiger partial charge >= 0.3 is 0 Å². The van der Waals surface area contributed by atoms with Crippen LogP contribution in [0.3, 0.4) is 0 Å². The Morgan fingerprint density at radius 2 is 1.76 bits per heavy atom. The zero-order chi connectivity index (χ0) is 15.1. The van der Waals surface area contributed by atoms with E-state index in [-0.39, 0.29) is 11.3 Å². The molecule has 1 N–H and O–H groups in total. The number of halogens is 2. The molecule has 0 aliphatic carbocycles. The molecular formula is C15H12F2N2O2. The Kier molecular flexibility index (Phi) is 4.98. The lowest BCUT2D eigenvalue weighted by Gasteiger charge is -2.05. The van der Waals surface area contributed by atoms with Crippen LogP contribution in [0, 0.1) is 11.6 Å². The first-order valence-electron chi connectivity index (χ1n) is 6.10. The maximum Gasteiger partial charge on any atom is 0.277 e. The molecule has 2 rings (SSSR count). The van der Waals surface area contributed by atoms with Gasteiger partial charge < -0.3 is 4.74 Å². The van der Waals surface area contributed by atoms with Gasteiger partial charge in [0.05, 0.1) is 6.21 Å². The van der Waals surface area contributed by atoms with E-state index in [9.17, 15) is 13.6 Å². The molecule has 6 heteroatoms. The van der Waals surface area contributed by atoms with Gasteiger partial charge in [0.25, 0.3) is 5.91 Å². The predicted molar refractivity (Wildman–Crippen MR) is 74.0 cm³/mol. The van der Waals surface area contributed by atoms with Crippen LogP contribution in [-0.2, 0) is 4.79 Å². The third kappa shape index (κ3) is 4.38. The van der Waals surface area contributed by atoms with Crippen LogP contribution in [0.25, 0.3) is 0 Å². The molecule has 0 aliphatic rings. The zero-order valence-electron chi connectivity index (χ0n) is 10.9. The summed E-state index contributed by atoms with van der Waals surface area (Å²) in [4.78, 5) is 11.4. The molecule has 0 bridgehead atoms. The van der Waals surface area contributed by atoms with Gasteiger partial charge in [-0.15, -0.1) is 0 Å². The van der Waals surface area contributed by atoms with Crippen LogP contribution in [0.5, 0.6) is 5.75 Å². The zero-order valence-corrected chi connectivity index (χ0v) is 10.9. The van der Waals surface area contributed by atoms with E-state index in [1.54, 1.807) is 18.2 Å². The third-order valence-electron chi connectivity index (χ3n) is 2.49. The molecule has 0 radical (unpaired) electrons. The van der Waals surface area contributed by atoms with Crippen molar-refractivity contribution in [2.24, 2.45) is 5.10 Å². The average Bonchev–Trinajstić information content (AvgIpc) is 2.48. The Labute approximate surface area is 120 Å². The number of amides is 1. The van der Waals surface area contributed by atoms with E-state index in [4.69, 9.17) is 4.74 Å². The Morgan fingerprint density at radius 3 is 2.48 bits per heavy atom. The summed E-state index contributed by atoms with van der Waals surface area (Å²) in [6.07, 6.45) is 1.18. The molecule has 21 heavy (non-hydrogen) atoms. The van der Waals surface area contributed by atoms with Crippen molar-refractivity contribution in [3.05, 3.63) is 65.7 Å². The lowest BCUT2D eigenvalue weighted by Crippen LogP contribution is -2.24. The number of ether oxygens (including phenoxy) is 1. The van der Waals surface area contributed by atoms with Gasteiger partial charge in [0, 0.05) is 5.56 Å². The molecule has 0 aliphatic heterocycles. The molecule has 2 aromatic rings. The summed E-state index contributed by atoms with van der Waals surface area (Å²) in [7, 11) is 0. The number of hydrogen-bond donors (Lipinski definition) is 1. The van der Waals surface area contributed by atoms with Crippen LogP contribution in [0.15, 0.2) is 53.6 Å². The van der Waals surface area contributed by atoms with Gasteiger partial charge in [-0.3, -0.25) is 4.79 Å². The van der Waals surface area contributed by atoms with Crippen molar-refractivity contribution in [2.75, 3.05) is 6.61 Å². The number of nitrogens with one attached hydrogen (secondary N) is 1. The van der Waals surface area contributed by atoms with E-state index in [2.05, 4.69) is 10.5 Å². The minimum absolute atomic E-state index is 0.0225. The van der Waals surface area contributed by atoms with Gasteiger partial charge in [0.2, 0.25) is 0 Å². The van der Waals surface area contributed by atoms with Crippen LogP contribution in [0.1, 0.15) is 5.56 Å². The number of rotatable bonds is 5. The fraction of sp³-hybridized carbons (Fsp3) is 0.0667. The van der Waals surface area contributed by atoms with E-state index >= 15 is 0 Å². The molecule has 0 unspecified atom stereocenters. The largest absolute Gasteiger partial charge is 0.481 e. The Morgan fingerprint density at radius 1 is 1.10 bits per heavy atom. The summed E-state index contributed by atoms with van der Waals surface area (Å²) in [5, 5.41) is 3.60. The quantitative estimate of drug-likeness (QED) is 0.679. The Hall–Kier alpha value is -2.76. The average molecular weight is 290 g/mol. The van der Waals surface area contributed by atoms with Gasteiger partial charge in [-0.1, -0.05) is 30.3 Å². The first kappa shape index (κ1) is 14.6. The molecule has 4 nitrogen and oxygen atoms in total. The summed E-state index contributed by atoms with van der Waals surface area (Å²) >= 11 is 0. The molecule has 0 saturated carbocycles. The van der Waals surface area contributed by atoms with Gasteiger partial charge in [-0.25, -0.2) is 14.2 Å². The van der Waals surface area contributed by atoms with E-state index in [1.165, 1.54) is 36.5 Å². The van der Waals surface area contributed by atoms with Crippen molar-refractivity contribution in [3.8, 4) is 5.75 Å². The van der Waals surface area contributed by atoms with Crippen molar-refractivity contribution in [1.29, 1.82) is 0 Å². The van der Waals surface area contributed by atoms with Crippen LogP contribution < -0.4 is 10.2 Å². The van der Waals surface area contributed by atoms with Crippen molar-refractivity contribution in [2.45, 2.75) is 0 Å². The molecular weight excluding hydrogens is 278 g/mol. The van der Waals surface area contributed by atoms with Crippen molar-refractivity contribution in [1.82, 2.24) is 5.43 Å². The molecule has 0 saturated heterocycles. The van der Waals surface area contributed by atoms with E-state index < -0.39 is 24.1 Å². The van der Waals surface area contributed by atoms with Gasteiger partial charge in [-0.05, 0) is 18.2 Å². The first-order chi connectivity index (χ1) is 10.2. The molecule has 0 fully saturated rings. The van der Waals surface area contributed by atoms with E-state index in [0.29, 0.717) is 0 Å². The maximum absolute atomic E-state index is 13.3. The smallest absolute Gasteiger partial charge is 0.277 e. The molecule has 108 valence electrons. The van der Waals surface area contributed by atoms with Crippen LogP contribution in [0.4, 0.5) is 8.78 Å². The summed E-state index contributed by atoms with van der Waals surface area (Å²) in [6.45, 7) is -0.393. The van der Waals surface area contributed by atoms with E-state index in [1.807, 2.05) is 0 Å². The summed E-state index contributed by atoms with van der Waals surface area (Å²) in [5.74, 6) is -1.60. The predicted octanol–water partition coefficient (Wildman–Crippen LogP) is 2.49. The number of para-hydroxylation sites is 1. The first-order valence-corrected chi connectivity index (χ1v) is 6.10. The fourth-order valence-electron chi connectivity index (χ4n) is 1.49. The van der Waals surface area contributed by atoms with Gasteiger partial charge in [-0.2, -0.15) is 5.10 Å². The molecule has 0 aromatic heterocycles. The van der Waals surface area contributed by atoms with Crippen LogP contribution in [0.2, 0.25) is 0 Å². The number of carbonyl (C=O) groups is 1. The Bertz CT molecular complexity index is 660. The maximum atomic E-state index is 13.3. The SMILES string of the molecule is O=C(COc1ccccc1F)N/N=C/c1ccccc1F. The second-order valence-electron chi connectivity index (χ2n) is 4.03. The second kappa shape index (κ2) is 7.14. The minimum atomic E-state index is -0.578. The van der Waals surface area contributed by atoms with Gasteiger partial charge in [0.1, 0.15) is 5.82 Å². The van der Waals surface area contributed by atoms with Crippen molar-refractivity contribution >= 4 is 12.1 Å². The fourth-order valence-corrected chi connectivity index (χ4v) is 1.49. The number of nitrogens with zero attached hydrogens (tertiary/aromatic N) is 1. The highest BCUT2D eigenvalue weighted by Crippen LogP contribution is 2.14. The molecule has 0 heterocycles. The molecule has 0 spiro atoms. The van der Waals surface area contributed by atoms with Crippen LogP contribution in [-0.4, -0.2) is 18.7 Å². The van der Waals surface area contributed by atoms with Crippen LogP contribution >= 0.6 is 0 Å². The third-order valence-corrected chi connectivity index (χ3v) is 2.49. The van der Waals surface area contributed by atoms with Gasteiger partial charge in [0.15, 0.2) is 18.2 Å². The Balaban J connectivity index is 1.83. The summed E-state index contributed by atoms with van der Waals surface area (Å²) in [6, 6.07) is 11.7. The summed E-state index contributed by atoms with van der Waals surface area (Å²) < 4.78 is 31.5. The normalized spacial score (nSPS) is 10.6. The summed E-state index contributed by atoms with van der Waals surface area (Å²) in [5.41, 5.74) is 2.41.